The molecule has 3 saturated carbocycles. The van der Waals surface area contributed by atoms with E-state index in [0.29, 0.717) is 43.0 Å². The van der Waals surface area contributed by atoms with Crippen molar-refractivity contribution in [2.75, 3.05) is 13.2 Å². The molecule has 8 atom stereocenters. The average molecular weight is 829 g/mol. The summed E-state index contributed by atoms with van der Waals surface area (Å²) in [7, 11) is -8.83. The van der Waals surface area contributed by atoms with Gasteiger partial charge in [-0.3, -0.25) is 4.79 Å². The fourth-order valence-electron chi connectivity index (χ4n) is 10.2. The maximum absolute atomic E-state index is 12.8. The summed E-state index contributed by atoms with van der Waals surface area (Å²) in [6.07, 6.45) is 14.8. The molecular weight excluding hydrogens is 746 g/mol. The summed E-state index contributed by atoms with van der Waals surface area (Å²) in [4.78, 5) is 12.3. The monoisotopic (exact) mass is 829 g/mol. The number of ketones is 1. The van der Waals surface area contributed by atoms with Crippen LogP contribution in [0.2, 0.25) is 38.3 Å². The molecule has 0 aromatic carbocycles. The number of alkyl halides is 3. The second-order valence-corrected chi connectivity index (χ2v) is 28.4. The lowest BCUT2D eigenvalue weighted by atomic mass is 9.62. The summed E-state index contributed by atoms with van der Waals surface area (Å²) in [5.41, 5.74) is -5.42. The minimum atomic E-state index is -5.63. The molecule has 2 unspecified atom stereocenters. The number of halogens is 3. The number of hydrogen-bond acceptors (Lipinski definition) is 6. The number of allylic oxidation sites excluding steroid dienone is 2. The molecule has 4 aliphatic rings. The Kier molecular flexibility index (Phi) is 21.1. The average Bonchev–Trinajstić information content (AvgIpc) is 3.58. The SMILES string of the molecule is C.C.C.CCCC[Si](C)(C)OC[C@@H](C)[C@H]1CCC2C(=O)CCC[C@@]21C.CCCC[Si](C)(C)OC[C@@H](C)[C@H]1CCC2C(OS(=O)(=O)C(F)(F)F)=CCC[C@@]21C. The van der Waals surface area contributed by atoms with Crippen LogP contribution < -0.4 is 0 Å². The first kappa shape index (κ1) is 53.3. The summed E-state index contributed by atoms with van der Waals surface area (Å²) in [6, 6.07) is 2.40. The van der Waals surface area contributed by atoms with Crippen LogP contribution in [-0.4, -0.2) is 49.6 Å². The second kappa shape index (κ2) is 21.3. The van der Waals surface area contributed by atoms with E-state index in [9.17, 15) is 26.4 Å². The zero-order chi connectivity index (χ0) is 38.5. The van der Waals surface area contributed by atoms with Gasteiger partial charge in [-0.05, 0) is 130 Å². The van der Waals surface area contributed by atoms with Crippen LogP contribution >= 0.6 is 0 Å². The van der Waals surface area contributed by atoms with Gasteiger partial charge < -0.3 is 13.0 Å². The molecule has 0 N–H and O–H groups in total. The number of carbonyl (C=O) groups is 1. The molecule has 0 radical (unpaired) electrons. The summed E-state index contributed by atoms with van der Waals surface area (Å²) in [5, 5.41) is 0. The molecule has 0 aromatic heterocycles. The van der Waals surface area contributed by atoms with Gasteiger partial charge in [0.05, 0.1) is 0 Å². The van der Waals surface area contributed by atoms with Crippen molar-refractivity contribution in [3.8, 4) is 0 Å². The van der Waals surface area contributed by atoms with Gasteiger partial charge in [0.2, 0.25) is 0 Å². The summed E-state index contributed by atoms with van der Waals surface area (Å²) >= 11 is 0. The highest BCUT2D eigenvalue weighted by Crippen LogP contribution is 2.59. The quantitative estimate of drug-likeness (QED) is 0.0876. The highest BCUT2D eigenvalue weighted by atomic mass is 32.2. The first-order chi connectivity index (χ1) is 23.5. The van der Waals surface area contributed by atoms with E-state index >= 15 is 0 Å². The van der Waals surface area contributed by atoms with Gasteiger partial charge in [0, 0.05) is 31.5 Å². The molecule has 3 fully saturated rings. The lowest BCUT2D eigenvalue weighted by Crippen LogP contribution is -2.41. The van der Waals surface area contributed by atoms with E-state index in [-0.39, 0.29) is 56.6 Å². The Balaban J connectivity index is 0.00000102. The molecule has 12 heteroatoms. The van der Waals surface area contributed by atoms with E-state index in [4.69, 9.17) is 8.85 Å². The number of carbonyl (C=O) groups excluding carboxylic acids is 1. The molecule has 54 heavy (non-hydrogen) atoms. The molecule has 0 bridgehead atoms. The highest BCUT2D eigenvalue weighted by molar-refractivity contribution is 7.87. The van der Waals surface area contributed by atoms with Crippen LogP contribution in [0.25, 0.3) is 0 Å². The molecular formula is C42H83F3O6SSi2. The van der Waals surface area contributed by atoms with Gasteiger partial charge >= 0.3 is 15.6 Å². The molecule has 0 saturated heterocycles. The number of hydrogen-bond donors (Lipinski definition) is 0. The molecule has 0 spiro atoms. The normalized spacial score (nSPS) is 29.5. The maximum Gasteiger partial charge on any atom is 0.534 e. The van der Waals surface area contributed by atoms with E-state index in [1.165, 1.54) is 37.8 Å². The predicted molar refractivity (Wildman–Crippen MR) is 226 cm³/mol. The minimum Gasteiger partial charge on any atom is -0.417 e. The number of fused-ring (bicyclic) bond motifs is 2. The summed E-state index contributed by atoms with van der Waals surface area (Å²) in [5.74, 6) is 2.37. The Hall–Kier alpha value is -0.696. The molecule has 0 aromatic rings. The fraction of sp³-hybridized carbons (Fsp3) is 0.929. The van der Waals surface area contributed by atoms with Gasteiger partial charge in [0.1, 0.15) is 11.5 Å². The zero-order valence-corrected chi connectivity index (χ0v) is 36.4. The van der Waals surface area contributed by atoms with E-state index in [0.717, 1.165) is 57.6 Å². The largest absolute Gasteiger partial charge is 0.534 e. The minimum absolute atomic E-state index is 0. The third-order valence-corrected chi connectivity index (χ3v) is 19.3. The van der Waals surface area contributed by atoms with Crippen molar-refractivity contribution in [3.63, 3.8) is 0 Å². The van der Waals surface area contributed by atoms with Crippen molar-refractivity contribution in [2.45, 2.75) is 191 Å². The number of unbranched alkanes of at least 4 members (excludes halogenated alkanes) is 2. The van der Waals surface area contributed by atoms with Crippen molar-refractivity contribution >= 4 is 32.5 Å². The Bertz CT molecular complexity index is 1290. The first-order valence-electron chi connectivity index (χ1n) is 20.0. The van der Waals surface area contributed by atoms with E-state index in [1.54, 1.807) is 0 Å². The van der Waals surface area contributed by atoms with Crippen LogP contribution in [-0.2, 0) is 27.9 Å². The van der Waals surface area contributed by atoms with E-state index in [1.807, 2.05) is 0 Å². The second-order valence-electron chi connectivity index (χ2n) is 18.2. The topological polar surface area (TPSA) is 78.9 Å². The van der Waals surface area contributed by atoms with Crippen molar-refractivity contribution in [1.82, 2.24) is 0 Å². The first-order valence-corrected chi connectivity index (χ1v) is 27.7. The number of Topliss-reactive ketones (excluding diaryl/α,β-unsaturated/α-hetero) is 1. The fourth-order valence-corrected chi connectivity index (χ4v) is 14.8. The lowest BCUT2D eigenvalue weighted by molar-refractivity contribution is -0.130. The smallest absolute Gasteiger partial charge is 0.417 e. The maximum atomic E-state index is 12.8. The van der Waals surface area contributed by atoms with Gasteiger partial charge in [-0.1, -0.05) is 89.5 Å². The molecule has 6 nitrogen and oxygen atoms in total. The highest BCUT2D eigenvalue weighted by Gasteiger charge is 2.55. The molecule has 0 heterocycles. The van der Waals surface area contributed by atoms with Gasteiger partial charge in [0.15, 0.2) is 16.6 Å². The van der Waals surface area contributed by atoms with Crippen LogP contribution in [0.15, 0.2) is 11.8 Å². The molecule has 4 aliphatic carbocycles. The molecule has 322 valence electrons. The van der Waals surface area contributed by atoms with Gasteiger partial charge in [-0.25, -0.2) is 0 Å². The van der Waals surface area contributed by atoms with E-state index < -0.39 is 32.3 Å². The van der Waals surface area contributed by atoms with Crippen LogP contribution in [0, 0.1) is 46.3 Å². The van der Waals surface area contributed by atoms with Crippen LogP contribution in [0.3, 0.4) is 0 Å². The predicted octanol–water partition coefficient (Wildman–Crippen LogP) is 13.6. The standard InChI is InChI=1S/C20H35F3O4SSi.C19H36O2Si.3CH4/c1-6-7-13-29(4,5)26-14-15(2)16-10-11-17-18(9-8-12-19(16,17)3)27-28(24,25)20(21,22)23;1-6-7-13-22(4,5)21-14-15(2)16-10-11-17-18(20)9-8-12-19(16,17)3;;;/h9,15-17H,6-8,10-14H2,1-5H3;15-17H,6-14H2,1-5H3;3*1H4/t2*15-,16-,17?,19-;;;/m11.../s1. The third kappa shape index (κ3) is 13.2. The van der Waals surface area contributed by atoms with E-state index in [2.05, 4.69) is 71.9 Å². The van der Waals surface area contributed by atoms with Crippen molar-refractivity contribution < 1.29 is 39.4 Å². The van der Waals surface area contributed by atoms with Gasteiger partial charge in [-0.15, -0.1) is 0 Å². The third-order valence-electron chi connectivity index (χ3n) is 13.3. The zero-order valence-electron chi connectivity index (χ0n) is 33.6. The van der Waals surface area contributed by atoms with Gasteiger partial charge in [0.25, 0.3) is 0 Å². The molecule has 0 amide bonds. The van der Waals surface area contributed by atoms with Crippen molar-refractivity contribution in [2.24, 2.45) is 46.3 Å². The van der Waals surface area contributed by atoms with Crippen LogP contribution in [0.5, 0.6) is 0 Å². The number of rotatable bonds is 16. The molecule has 4 rings (SSSR count). The van der Waals surface area contributed by atoms with Crippen molar-refractivity contribution in [1.29, 1.82) is 0 Å². The Morgan fingerprint density at radius 1 is 0.796 bits per heavy atom. The Labute approximate surface area is 333 Å². The van der Waals surface area contributed by atoms with Crippen LogP contribution in [0.4, 0.5) is 13.2 Å². The van der Waals surface area contributed by atoms with Crippen LogP contribution in [0.1, 0.15) is 147 Å². The lowest BCUT2D eigenvalue weighted by Gasteiger charge is -2.43. The molecule has 0 aliphatic heterocycles. The Morgan fingerprint density at radius 2 is 1.24 bits per heavy atom. The Morgan fingerprint density at radius 3 is 1.69 bits per heavy atom. The van der Waals surface area contributed by atoms with Crippen molar-refractivity contribution in [3.05, 3.63) is 11.8 Å². The summed E-state index contributed by atoms with van der Waals surface area (Å²) in [6.45, 7) is 24.1. The summed E-state index contributed by atoms with van der Waals surface area (Å²) < 4.78 is 78.7. The van der Waals surface area contributed by atoms with Gasteiger partial charge in [-0.2, -0.15) is 21.6 Å².